The second-order valence-electron chi connectivity index (χ2n) is 5.43. The van der Waals surface area contributed by atoms with Gasteiger partial charge in [0.25, 0.3) is 5.56 Å². The van der Waals surface area contributed by atoms with Crippen LogP contribution in [0.3, 0.4) is 0 Å². The molecule has 0 aliphatic carbocycles. The molecule has 0 spiro atoms. The van der Waals surface area contributed by atoms with Gasteiger partial charge in [0.1, 0.15) is 0 Å². The second kappa shape index (κ2) is 6.15. The maximum Gasteiger partial charge on any atom is 0.271 e. The van der Waals surface area contributed by atoms with Crippen molar-refractivity contribution in [2.45, 2.75) is 26.2 Å². The smallest absolute Gasteiger partial charge is 0.271 e. The molecule has 5 heteroatoms. The van der Waals surface area contributed by atoms with E-state index in [2.05, 4.69) is 15.2 Å². The molecule has 22 heavy (non-hydrogen) atoms. The predicted molar refractivity (Wildman–Crippen MR) is 88.5 cm³/mol. The Labute approximate surface area is 128 Å². The topological polar surface area (TPSA) is 81.2 Å². The zero-order chi connectivity index (χ0) is 15.5. The van der Waals surface area contributed by atoms with Gasteiger partial charge in [0.05, 0.1) is 11.3 Å². The Hall–Kier alpha value is -2.40. The second-order valence-corrected chi connectivity index (χ2v) is 5.43. The Kier molecular flexibility index (Phi) is 4.06. The van der Waals surface area contributed by atoms with Crippen molar-refractivity contribution in [2.24, 2.45) is 4.99 Å². The van der Waals surface area contributed by atoms with Crippen molar-refractivity contribution in [3.05, 3.63) is 51.4 Å². The van der Waals surface area contributed by atoms with Crippen molar-refractivity contribution < 1.29 is 5.11 Å². The molecule has 114 valence electrons. The van der Waals surface area contributed by atoms with Gasteiger partial charge in [-0.3, -0.25) is 14.9 Å². The molecular weight excluding hydrogens is 278 g/mol. The minimum Gasteiger partial charge on any atom is -0.396 e. The molecule has 0 bridgehead atoms. The van der Waals surface area contributed by atoms with Crippen molar-refractivity contribution in [3.8, 4) is 0 Å². The Balaban J connectivity index is 2.02. The number of hydrogen-bond donors (Lipinski definition) is 3. The van der Waals surface area contributed by atoms with Crippen LogP contribution in [0.25, 0.3) is 11.6 Å². The van der Waals surface area contributed by atoms with Crippen LogP contribution in [0.1, 0.15) is 36.1 Å². The average Bonchev–Trinajstić information content (AvgIpc) is 3.03. The molecule has 1 aromatic carbocycles. The summed E-state index contributed by atoms with van der Waals surface area (Å²) in [5.74, 6) is 0. The fraction of sp³-hybridized carbons (Fsp3) is 0.294. The van der Waals surface area contributed by atoms with Gasteiger partial charge in [0.2, 0.25) is 0 Å². The van der Waals surface area contributed by atoms with Crippen LogP contribution >= 0.6 is 0 Å². The molecule has 5 nitrogen and oxygen atoms in total. The Morgan fingerprint density at radius 3 is 2.77 bits per heavy atom. The number of nitrogens with zero attached hydrogens (tertiary/aromatic N) is 1. The first-order valence-electron chi connectivity index (χ1n) is 7.48. The summed E-state index contributed by atoms with van der Waals surface area (Å²) in [7, 11) is 0. The number of aromatic amines is 2. The molecule has 0 saturated heterocycles. The summed E-state index contributed by atoms with van der Waals surface area (Å²) in [5, 5.41) is 14.4. The number of H-pyrrole nitrogens is 2. The lowest BCUT2D eigenvalue weighted by atomic mass is 9.97. The van der Waals surface area contributed by atoms with Crippen LogP contribution < -0.4 is 5.56 Å². The van der Waals surface area contributed by atoms with Crippen LogP contribution in [0.4, 0.5) is 5.69 Å². The van der Waals surface area contributed by atoms with Gasteiger partial charge < -0.3 is 10.2 Å². The molecular formula is C17H19N3O2. The number of hydrogen-bond acceptors (Lipinski definition) is 3. The van der Waals surface area contributed by atoms with E-state index in [1.807, 2.05) is 37.3 Å². The first-order chi connectivity index (χ1) is 10.7. The lowest BCUT2D eigenvalue weighted by Gasteiger charge is -2.05. The first-order valence-corrected chi connectivity index (χ1v) is 7.48. The molecule has 1 aliphatic rings. The number of benzene rings is 1. The van der Waals surface area contributed by atoms with Crippen molar-refractivity contribution in [2.75, 3.05) is 6.61 Å². The van der Waals surface area contributed by atoms with Crippen molar-refractivity contribution in [1.82, 2.24) is 10.2 Å². The molecule has 1 aliphatic heterocycles. The monoisotopic (exact) mass is 297 g/mol. The zero-order valence-electron chi connectivity index (χ0n) is 12.5. The number of aromatic nitrogens is 2. The third-order valence-electron chi connectivity index (χ3n) is 3.88. The molecule has 3 N–H and O–H groups in total. The number of aryl methyl sites for hydroxylation is 1. The van der Waals surface area contributed by atoms with Gasteiger partial charge in [-0.15, -0.1) is 0 Å². The highest BCUT2D eigenvalue weighted by Crippen LogP contribution is 2.37. The number of aliphatic hydroxyl groups is 1. The molecule has 0 radical (unpaired) electrons. The number of allylic oxidation sites excluding steroid dienone is 1. The van der Waals surface area contributed by atoms with Gasteiger partial charge in [-0.1, -0.05) is 18.2 Å². The molecule has 1 aromatic heterocycles. The molecule has 0 atom stereocenters. The van der Waals surface area contributed by atoms with Gasteiger partial charge in [0.15, 0.2) is 0 Å². The summed E-state index contributed by atoms with van der Waals surface area (Å²) in [6.07, 6.45) is 4.34. The van der Waals surface area contributed by atoms with Crippen molar-refractivity contribution >= 4 is 23.0 Å². The van der Waals surface area contributed by atoms with Gasteiger partial charge in [-0.25, -0.2) is 0 Å². The zero-order valence-corrected chi connectivity index (χ0v) is 12.5. The normalized spacial score (nSPS) is 15.2. The molecule has 0 unspecified atom stereocenters. The van der Waals surface area contributed by atoms with E-state index in [0.29, 0.717) is 5.56 Å². The summed E-state index contributed by atoms with van der Waals surface area (Å²) in [6.45, 7) is 2.06. The third kappa shape index (κ3) is 2.67. The number of para-hydroxylation sites is 1. The minimum atomic E-state index is -0.121. The highest BCUT2D eigenvalue weighted by molar-refractivity contribution is 6.32. The van der Waals surface area contributed by atoms with Crippen LogP contribution in [-0.2, 0) is 0 Å². The Morgan fingerprint density at radius 1 is 1.23 bits per heavy atom. The number of unbranched alkanes of at least 4 members (excludes halogenated alkanes) is 1. The summed E-state index contributed by atoms with van der Waals surface area (Å²) in [5.41, 5.74) is 5.32. The molecule has 0 saturated carbocycles. The summed E-state index contributed by atoms with van der Waals surface area (Å²) in [6, 6.07) is 7.95. The average molecular weight is 297 g/mol. The van der Waals surface area contributed by atoms with Crippen LogP contribution in [-0.4, -0.2) is 27.6 Å². The van der Waals surface area contributed by atoms with E-state index in [-0.39, 0.29) is 12.2 Å². The molecule has 0 amide bonds. The van der Waals surface area contributed by atoms with Crippen LogP contribution in [0, 0.1) is 6.92 Å². The largest absolute Gasteiger partial charge is 0.396 e. The van der Waals surface area contributed by atoms with Crippen LogP contribution in [0.15, 0.2) is 34.1 Å². The molecule has 2 heterocycles. The summed E-state index contributed by atoms with van der Waals surface area (Å²) < 4.78 is 0. The summed E-state index contributed by atoms with van der Waals surface area (Å²) in [4.78, 5) is 16.6. The standard InChI is InChI=1S/C17H19N3O2/c1-11-13(17(22)20-19-11)10-14-12-6-2-3-7-15(12)18-16(14)8-4-5-9-21/h2-3,6-7,10,21H,4-5,8-9H2,1H3,(H2,19,20,22). The maximum absolute atomic E-state index is 11.9. The van der Waals surface area contributed by atoms with E-state index in [0.717, 1.165) is 47.5 Å². The third-order valence-corrected chi connectivity index (χ3v) is 3.88. The van der Waals surface area contributed by atoms with E-state index >= 15 is 0 Å². The lowest BCUT2D eigenvalue weighted by molar-refractivity contribution is 0.285. The number of aliphatic hydroxyl groups excluding tert-OH is 1. The van der Waals surface area contributed by atoms with Crippen molar-refractivity contribution in [3.63, 3.8) is 0 Å². The SMILES string of the molecule is Cc1[nH][nH]c(=O)c1C=C1C(CCCCO)=Nc2ccccc21. The number of nitrogens with one attached hydrogen (secondary N) is 2. The predicted octanol–water partition coefficient (Wildman–Crippen LogP) is 2.80. The first kappa shape index (κ1) is 14.5. The van der Waals surface area contributed by atoms with E-state index < -0.39 is 0 Å². The van der Waals surface area contributed by atoms with E-state index in [1.54, 1.807) is 0 Å². The van der Waals surface area contributed by atoms with Crippen LogP contribution in [0.2, 0.25) is 0 Å². The van der Waals surface area contributed by atoms with Crippen LogP contribution in [0.5, 0.6) is 0 Å². The maximum atomic E-state index is 11.9. The fourth-order valence-electron chi connectivity index (χ4n) is 2.69. The van der Waals surface area contributed by atoms with E-state index in [4.69, 9.17) is 5.11 Å². The fourth-order valence-corrected chi connectivity index (χ4v) is 2.69. The van der Waals surface area contributed by atoms with Gasteiger partial charge in [0, 0.05) is 29.1 Å². The van der Waals surface area contributed by atoms with Crippen molar-refractivity contribution in [1.29, 1.82) is 0 Å². The van der Waals surface area contributed by atoms with Gasteiger partial charge in [-0.05, 0) is 38.3 Å². The van der Waals surface area contributed by atoms with Gasteiger partial charge >= 0.3 is 0 Å². The number of rotatable bonds is 5. The number of aliphatic imine (C=N–C) groups is 1. The minimum absolute atomic E-state index is 0.121. The Morgan fingerprint density at radius 2 is 2.05 bits per heavy atom. The molecule has 3 rings (SSSR count). The Bertz CT molecular complexity index is 796. The highest BCUT2D eigenvalue weighted by Gasteiger charge is 2.21. The highest BCUT2D eigenvalue weighted by atomic mass is 16.2. The number of fused-ring (bicyclic) bond motifs is 1. The summed E-state index contributed by atoms with van der Waals surface area (Å²) >= 11 is 0. The molecule has 0 fully saturated rings. The molecule has 2 aromatic rings. The van der Waals surface area contributed by atoms with E-state index in [9.17, 15) is 4.79 Å². The van der Waals surface area contributed by atoms with Gasteiger partial charge in [-0.2, -0.15) is 0 Å². The quantitative estimate of drug-likeness (QED) is 0.742. The lowest BCUT2D eigenvalue weighted by Crippen LogP contribution is -2.04. The van der Waals surface area contributed by atoms with E-state index in [1.165, 1.54) is 0 Å².